The molecular weight excluding hydrogens is 263 g/mol. The van der Waals surface area contributed by atoms with Crippen LogP contribution < -0.4 is 0 Å². The third-order valence-electron chi connectivity index (χ3n) is 2.63. The fraction of sp³-hybridized carbons (Fsp3) is 0.0909. The number of aromatic nitrogens is 3. The molecule has 0 spiro atoms. The van der Waals surface area contributed by atoms with E-state index in [9.17, 15) is 13.2 Å². The minimum atomic E-state index is -4.37. The summed E-state index contributed by atoms with van der Waals surface area (Å²) in [6.45, 7) is 0. The normalized spacial score (nSPS) is 12.4. The number of nitrogens with one attached hydrogen (secondary N) is 2. The molecule has 0 radical (unpaired) electrons. The zero-order valence-electron chi connectivity index (χ0n) is 8.80. The lowest BCUT2D eigenvalue weighted by atomic mass is 10.1. The molecule has 0 saturated carbocycles. The van der Waals surface area contributed by atoms with Crippen molar-refractivity contribution in [1.29, 1.82) is 0 Å². The third kappa shape index (κ3) is 1.76. The Bertz CT molecular complexity index is 800. The van der Waals surface area contributed by atoms with E-state index >= 15 is 0 Å². The monoisotopic (exact) mass is 269 g/mol. The number of hydrogen-bond acceptors (Lipinski definition) is 2. The number of nitrogens with zero attached hydrogens (tertiary/aromatic N) is 1. The summed E-state index contributed by atoms with van der Waals surface area (Å²) >= 11 is 4.91. The van der Waals surface area contributed by atoms with Crippen molar-refractivity contribution in [2.24, 2.45) is 0 Å². The van der Waals surface area contributed by atoms with Crippen LogP contribution in [0.1, 0.15) is 5.56 Å². The van der Waals surface area contributed by atoms with Crippen LogP contribution >= 0.6 is 12.2 Å². The van der Waals surface area contributed by atoms with Crippen molar-refractivity contribution >= 4 is 34.3 Å². The highest BCUT2D eigenvalue weighted by molar-refractivity contribution is 7.71. The summed E-state index contributed by atoms with van der Waals surface area (Å²) in [5, 5.41) is 0.626. The van der Waals surface area contributed by atoms with Crippen molar-refractivity contribution in [2.45, 2.75) is 6.18 Å². The zero-order chi connectivity index (χ0) is 12.9. The van der Waals surface area contributed by atoms with Crippen LogP contribution in [-0.4, -0.2) is 15.0 Å². The first-order valence-electron chi connectivity index (χ1n) is 5.03. The van der Waals surface area contributed by atoms with Gasteiger partial charge in [0.2, 0.25) is 0 Å². The molecule has 2 N–H and O–H groups in total. The molecule has 0 unspecified atom stereocenters. The van der Waals surface area contributed by atoms with Gasteiger partial charge in [0.05, 0.1) is 16.6 Å². The van der Waals surface area contributed by atoms with Gasteiger partial charge in [-0.2, -0.15) is 13.2 Å². The van der Waals surface area contributed by atoms with E-state index in [2.05, 4.69) is 15.0 Å². The lowest BCUT2D eigenvalue weighted by Gasteiger charge is -2.07. The lowest BCUT2D eigenvalue weighted by Crippen LogP contribution is -2.04. The van der Waals surface area contributed by atoms with Gasteiger partial charge < -0.3 is 9.97 Å². The third-order valence-corrected chi connectivity index (χ3v) is 2.83. The highest BCUT2D eigenvalue weighted by Gasteiger charge is 2.30. The van der Waals surface area contributed by atoms with Gasteiger partial charge in [0.15, 0.2) is 10.4 Å². The quantitative estimate of drug-likeness (QED) is 0.610. The maximum absolute atomic E-state index is 12.6. The van der Waals surface area contributed by atoms with Crippen LogP contribution in [0.2, 0.25) is 0 Å². The molecule has 0 aliphatic carbocycles. The van der Waals surface area contributed by atoms with E-state index in [1.807, 2.05) is 0 Å². The topological polar surface area (TPSA) is 44.5 Å². The average Bonchev–Trinajstić information content (AvgIpc) is 2.62. The maximum atomic E-state index is 12.6. The van der Waals surface area contributed by atoms with E-state index in [-0.39, 0.29) is 5.52 Å². The van der Waals surface area contributed by atoms with Gasteiger partial charge in [-0.15, -0.1) is 0 Å². The van der Waals surface area contributed by atoms with Crippen LogP contribution in [0.5, 0.6) is 0 Å². The van der Waals surface area contributed by atoms with Gasteiger partial charge in [0.25, 0.3) is 0 Å². The second-order valence-electron chi connectivity index (χ2n) is 3.87. The van der Waals surface area contributed by atoms with E-state index in [1.165, 1.54) is 6.07 Å². The first kappa shape index (κ1) is 11.2. The van der Waals surface area contributed by atoms with Crippen molar-refractivity contribution in [1.82, 2.24) is 15.0 Å². The highest BCUT2D eigenvalue weighted by atomic mass is 32.1. The molecule has 7 heteroatoms. The Balaban J connectivity index is 2.33. The number of alkyl halides is 3. The van der Waals surface area contributed by atoms with E-state index in [0.717, 1.165) is 12.1 Å². The van der Waals surface area contributed by atoms with Gasteiger partial charge in [0, 0.05) is 5.39 Å². The Hall–Kier alpha value is -1.89. The number of halogens is 3. The molecule has 2 aromatic heterocycles. The number of fused-ring (bicyclic) bond motifs is 2. The molecule has 3 rings (SSSR count). The second-order valence-corrected chi connectivity index (χ2v) is 4.28. The van der Waals surface area contributed by atoms with E-state index in [4.69, 9.17) is 12.2 Å². The van der Waals surface area contributed by atoms with Gasteiger partial charge in [-0.25, -0.2) is 4.98 Å². The molecule has 0 atom stereocenters. The molecule has 0 aliphatic rings. The summed E-state index contributed by atoms with van der Waals surface area (Å²) in [4.78, 5) is 9.76. The number of H-pyrrole nitrogens is 2. The molecular formula is C11H6F3N3S. The van der Waals surface area contributed by atoms with Gasteiger partial charge in [-0.05, 0) is 30.4 Å². The summed E-state index contributed by atoms with van der Waals surface area (Å²) < 4.78 is 38.1. The Kier molecular flexibility index (Phi) is 2.21. The SMILES string of the molecule is FC(F)(F)c1ccc2cc3[nH]c(=S)[nH]c3nc2c1. The van der Waals surface area contributed by atoms with E-state index < -0.39 is 11.7 Å². The number of imidazole rings is 1. The second kappa shape index (κ2) is 3.55. The zero-order valence-corrected chi connectivity index (χ0v) is 9.62. The number of aromatic amines is 2. The van der Waals surface area contributed by atoms with E-state index in [0.29, 0.717) is 21.3 Å². The van der Waals surface area contributed by atoms with Crippen molar-refractivity contribution in [3.63, 3.8) is 0 Å². The smallest absolute Gasteiger partial charge is 0.329 e. The fourth-order valence-electron chi connectivity index (χ4n) is 1.80. The fourth-order valence-corrected chi connectivity index (χ4v) is 2.00. The minimum absolute atomic E-state index is 0.280. The summed E-state index contributed by atoms with van der Waals surface area (Å²) in [6.07, 6.45) is -4.37. The summed E-state index contributed by atoms with van der Waals surface area (Å²) in [5.74, 6) is 0. The van der Waals surface area contributed by atoms with Gasteiger partial charge in [0.1, 0.15) is 0 Å². The minimum Gasteiger partial charge on any atom is -0.329 e. The average molecular weight is 269 g/mol. The Morgan fingerprint density at radius 2 is 1.89 bits per heavy atom. The van der Waals surface area contributed by atoms with Crippen molar-refractivity contribution < 1.29 is 13.2 Å². The highest BCUT2D eigenvalue weighted by Crippen LogP contribution is 2.31. The Morgan fingerprint density at radius 1 is 1.11 bits per heavy atom. The number of rotatable bonds is 0. The van der Waals surface area contributed by atoms with Crippen molar-refractivity contribution in [2.75, 3.05) is 0 Å². The predicted molar refractivity (Wildman–Crippen MR) is 63.8 cm³/mol. The molecule has 0 bridgehead atoms. The molecule has 92 valence electrons. The molecule has 0 amide bonds. The summed E-state index contributed by atoms with van der Waals surface area (Å²) in [6, 6.07) is 5.17. The van der Waals surface area contributed by atoms with Crippen LogP contribution in [0.3, 0.4) is 0 Å². The van der Waals surface area contributed by atoms with Crippen LogP contribution in [0.25, 0.3) is 22.1 Å². The van der Waals surface area contributed by atoms with Crippen molar-refractivity contribution in [3.05, 3.63) is 34.6 Å². The molecule has 18 heavy (non-hydrogen) atoms. The first-order valence-corrected chi connectivity index (χ1v) is 5.44. The van der Waals surface area contributed by atoms with E-state index in [1.54, 1.807) is 6.07 Å². The maximum Gasteiger partial charge on any atom is 0.416 e. The molecule has 3 nitrogen and oxygen atoms in total. The Morgan fingerprint density at radius 3 is 2.61 bits per heavy atom. The summed E-state index contributed by atoms with van der Waals surface area (Å²) in [7, 11) is 0. The van der Waals surface area contributed by atoms with Gasteiger partial charge in [-0.3, -0.25) is 0 Å². The molecule has 0 fully saturated rings. The molecule has 1 aromatic carbocycles. The number of pyridine rings is 1. The first-order chi connectivity index (χ1) is 8.43. The van der Waals surface area contributed by atoms with Crippen LogP contribution in [-0.2, 0) is 6.18 Å². The standard InChI is InChI=1S/C11H6F3N3S/c12-11(13,14)6-2-1-5-3-8-9(15-7(5)4-6)17-10(18)16-8/h1-4H,(H2,15,16,17,18). The molecule has 3 aromatic rings. The van der Waals surface area contributed by atoms with Crippen LogP contribution in [0, 0.1) is 4.77 Å². The molecule has 2 heterocycles. The largest absolute Gasteiger partial charge is 0.416 e. The number of hydrogen-bond donors (Lipinski definition) is 2. The predicted octanol–water partition coefficient (Wildman–Crippen LogP) is 3.79. The molecule has 0 aliphatic heterocycles. The molecule has 0 saturated heterocycles. The van der Waals surface area contributed by atoms with Crippen molar-refractivity contribution in [3.8, 4) is 0 Å². The van der Waals surface area contributed by atoms with Crippen LogP contribution in [0.4, 0.5) is 13.2 Å². The summed E-state index contributed by atoms with van der Waals surface area (Å²) in [5.41, 5.74) is 0.692. The van der Waals surface area contributed by atoms with Crippen LogP contribution in [0.15, 0.2) is 24.3 Å². The number of benzene rings is 1. The lowest BCUT2D eigenvalue weighted by molar-refractivity contribution is -0.137. The van der Waals surface area contributed by atoms with Gasteiger partial charge in [-0.1, -0.05) is 6.07 Å². The van der Waals surface area contributed by atoms with Gasteiger partial charge >= 0.3 is 6.18 Å². The Labute approximate surface area is 104 Å².